The fourth-order valence-electron chi connectivity index (χ4n) is 2.44. The van der Waals surface area contributed by atoms with Crippen molar-refractivity contribution in [2.24, 2.45) is 5.73 Å². The number of carbonyl (C=O) groups is 2. The Bertz CT molecular complexity index is 953. The van der Waals surface area contributed by atoms with E-state index in [1.165, 1.54) is 16.9 Å². The van der Waals surface area contributed by atoms with Gasteiger partial charge in [-0.25, -0.2) is 4.98 Å². The summed E-state index contributed by atoms with van der Waals surface area (Å²) in [7, 11) is 0. The summed E-state index contributed by atoms with van der Waals surface area (Å²) in [6.45, 7) is 6.39. The highest BCUT2D eigenvalue weighted by molar-refractivity contribution is 7.20. The number of rotatable bonds is 3. The quantitative estimate of drug-likeness (QED) is 0.748. The molecule has 0 atom stereocenters. The lowest BCUT2D eigenvalue weighted by Gasteiger charge is -2.19. The van der Waals surface area contributed by atoms with E-state index in [1.54, 1.807) is 12.1 Å². The van der Waals surface area contributed by atoms with E-state index >= 15 is 0 Å². The Balaban J connectivity index is 1.80. The van der Waals surface area contributed by atoms with Crippen LogP contribution >= 0.6 is 11.3 Å². The second-order valence-electron chi connectivity index (χ2n) is 6.85. The zero-order valence-corrected chi connectivity index (χ0v) is 15.1. The van der Waals surface area contributed by atoms with E-state index in [0.29, 0.717) is 16.8 Å². The van der Waals surface area contributed by atoms with Gasteiger partial charge < -0.3 is 11.1 Å². The number of fused-ring (bicyclic) bond motifs is 1. The Labute approximate surface area is 149 Å². The average Bonchev–Trinajstić information content (AvgIpc) is 2.98. The molecule has 3 aromatic rings. The van der Waals surface area contributed by atoms with Gasteiger partial charge in [-0.3, -0.25) is 9.59 Å². The SMILES string of the molecule is CC(C)(C)c1ccc(C(=O)Nc2ccc3sc(C(N)=O)nc3c2)cc1. The first-order valence-electron chi connectivity index (χ1n) is 7.86. The van der Waals surface area contributed by atoms with Gasteiger partial charge in [-0.05, 0) is 41.3 Å². The van der Waals surface area contributed by atoms with Crippen LogP contribution in [0.15, 0.2) is 42.5 Å². The summed E-state index contributed by atoms with van der Waals surface area (Å²) in [5.74, 6) is -0.740. The van der Waals surface area contributed by atoms with Gasteiger partial charge >= 0.3 is 0 Å². The number of hydrogen-bond acceptors (Lipinski definition) is 4. The summed E-state index contributed by atoms with van der Waals surface area (Å²) in [6, 6.07) is 12.9. The van der Waals surface area contributed by atoms with Crippen LogP contribution in [0.5, 0.6) is 0 Å². The molecule has 1 aromatic heterocycles. The topological polar surface area (TPSA) is 85.1 Å². The van der Waals surface area contributed by atoms with Crippen LogP contribution in [-0.2, 0) is 5.41 Å². The van der Waals surface area contributed by atoms with Crippen molar-refractivity contribution in [2.45, 2.75) is 26.2 Å². The Hall–Kier alpha value is -2.73. The van der Waals surface area contributed by atoms with Crippen LogP contribution in [0.2, 0.25) is 0 Å². The minimum Gasteiger partial charge on any atom is -0.364 e. The third-order valence-electron chi connectivity index (χ3n) is 3.87. The van der Waals surface area contributed by atoms with Gasteiger partial charge in [0.25, 0.3) is 11.8 Å². The number of primary amides is 1. The Morgan fingerprint density at radius 3 is 2.36 bits per heavy atom. The maximum Gasteiger partial charge on any atom is 0.277 e. The van der Waals surface area contributed by atoms with E-state index in [9.17, 15) is 9.59 Å². The molecule has 3 N–H and O–H groups in total. The van der Waals surface area contributed by atoms with E-state index in [2.05, 4.69) is 31.1 Å². The summed E-state index contributed by atoms with van der Waals surface area (Å²) in [5, 5.41) is 3.12. The van der Waals surface area contributed by atoms with E-state index in [-0.39, 0.29) is 16.3 Å². The molecule has 5 nitrogen and oxygen atoms in total. The number of nitrogens with two attached hydrogens (primary N) is 1. The van der Waals surface area contributed by atoms with Crippen LogP contribution in [0.3, 0.4) is 0 Å². The molecular formula is C19H19N3O2S. The number of anilines is 1. The van der Waals surface area contributed by atoms with Crippen molar-refractivity contribution >= 4 is 39.1 Å². The van der Waals surface area contributed by atoms with Gasteiger partial charge in [0, 0.05) is 11.3 Å². The highest BCUT2D eigenvalue weighted by atomic mass is 32.1. The maximum atomic E-state index is 12.4. The van der Waals surface area contributed by atoms with Gasteiger partial charge in [-0.2, -0.15) is 0 Å². The zero-order chi connectivity index (χ0) is 18.2. The molecule has 0 saturated heterocycles. The number of nitrogens with one attached hydrogen (secondary N) is 1. The largest absolute Gasteiger partial charge is 0.364 e. The van der Waals surface area contributed by atoms with Crippen molar-refractivity contribution in [2.75, 3.05) is 5.32 Å². The summed E-state index contributed by atoms with van der Waals surface area (Å²) < 4.78 is 0.848. The predicted molar refractivity (Wildman–Crippen MR) is 101 cm³/mol. The highest BCUT2D eigenvalue weighted by Gasteiger charge is 2.15. The standard InChI is InChI=1S/C19H19N3O2S/c1-19(2,3)12-6-4-11(5-7-12)17(24)21-13-8-9-15-14(10-13)22-18(25-15)16(20)23/h4-10H,1-3H3,(H2,20,23)(H,21,24). The minimum absolute atomic E-state index is 0.0444. The predicted octanol–water partition coefficient (Wildman–Crippen LogP) is 3.95. The summed E-state index contributed by atoms with van der Waals surface area (Å²) in [5.41, 5.74) is 8.32. The van der Waals surface area contributed by atoms with Crippen LogP contribution in [0.1, 0.15) is 46.5 Å². The molecule has 0 aliphatic carbocycles. The second kappa shape index (κ2) is 6.29. The van der Waals surface area contributed by atoms with Gasteiger partial charge in [0.15, 0.2) is 5.01 Å². The van der Waals surface area contributed by atoms with Gasteiger partial charge in [0.05, 0.1) is 10.2 Å². The number of carbonyl (C=O) groups excluding carboxylic acids is 2. The minimum atomic E-state index is -0.550. The number of nitrogens with zero attached hydrogens (tertiary/aromatic N) is 1. The smallest absolute Gasteiger partial charge is 0.277 e. The lowest BCUT2D eigenvalue weighted by molar-refractivity contribution is 0.0997. The monoisotopic (exact) mass is 353 g/mol. The fourth-order valence-corrected chi connectivity index (χ4v) is 3.23. The van der Waals surface area contributed by atoms with Crippen molar-refractivity contribution in [1.29, 1.82) is 0 Å². The second-order valence-corrected chi connectivity index (χ2v) is 7.88. The average molecular weight is 353 g/mol. The molecule has 0 radical (unpaired) electrons. The summed E-state index contributed by atoms with van der Waals surface area (Å²) >= 11 is 1.23. The number of benzene rings is 2. The Morgan fingerprint density at radius 1 is 1.08 bits per heavy atom. The molecule has 2 amide bonds. The molecule has 3 rings (SSSR count). The lowest BCUT2D eigenvalue weighted by Crippen LogP contribution is -2.14. The third-order valence-corrected chi connectivity index (χ3v) is 4.92. The molecule has 25 heavy (non-hydrogen) atoms. The molecule has 0 bridgehead atoms. The summed E-state index contributed by atoms with van der Waals surface area (Å²) in [6.07, 6.45) is 0. The summed E-state index contributed by atoms with van der Waals surface area (Å²) in [4.78, 5) is 27.8. The molecule has 0 saturated carbocycles. The molecular weight excluding hydrogens is 334 g/mol. The number of amides is 2. The first kappa shape index (κ1) is 17.1. The fraction of sp³-hybridized carbons (Fsp3) is 0.211. The van der Waals surface area contributed by atoms with Crippen LogP contribution in [0.25, 0.3) is 10.2 Å². The van der Waals surface area contributed by atoms with Crippen molar-refractivity contribution in [3.8, 4) is 0 Å². The van der Waals surface area contributed by atoms with E-state index in [1.807, 2.05) is 30.3 Å². The first-order chi connectivity index (χ1) is 11.7. The van der Waals surface area contributed by atoms with Crippen molar-refractivity contribution in [3.63, 3.8) is 0 Å². The molecule has 0 fully saturated rings. The van der Waals surface area contributed by atoms with Gasteiger partial charge in [0.2, 0.25) is 0 Å². The lowest BCUT2D eigenvalue weighted by atomic mass is 9.87. The van der Waals surface area contributed by atoms with Gasteiger partial charge in [0.1, 0.15) is 0 Å². The van der Waals surface area contributed by atoms with Crippen LogP contribution in [0, 0.1) is 0 Å². The third kappa shape index (κ3) is 3.69. The number of thiazole rings is 1. The van der Waals surface area contributed by atoms with Crippen molar-refractivity contribution in [1.82, 2.24) is 4.98 Å². The van der Waals surface area contributed by atoms with Crippen LogP contribution in [-0.4, -0.2) is 16.8 Å². The molecule has 128 valence electrons. The van der Waals surface area contributed by atoms with Crippen molar-refractivity contribution in [3.05, 3.63) is 58.6 Å². The number of aromatic nitrogens is 1. The molecule has 0 unspecified atom stereocenters. The van der Waals surface area contributed by atoms with E-state index in [4.69, 9.17) is 5.73 Å². The zero-order valence-electron chi connectivity index (χ0n) is 14.3. The Morgan fingerprint density at radius 2 is 1.76 bits per heavy atom. The van der Waals surface area contributed by atoms with Crippen LogP contribution in [0.4, 0.5) is 5.69 Å². The first-order valence-corrected chi connectivity index (χ1v) is 8.68. The van der Waals surface area contributed by atoms with Gasteiger partial charge in [-0.15, -0.1) is 11.3 Å². The van der Waals surface area contributed by atoms with E-state index in [0.717, 1.165) is 4.70 Å². The molecule has 0 aliphatic heterocycles. The normalized spacial score (nSPS) is 11.5. The highest BCUT2D eigenvalue weighted by Crippen LogP contribution is 2.26. The molecule has 2 aromatic carbocycles. The van der Waals surface area contributed by atoms with Crippen molar-refractivity contribution < 1.29 is 9.59 Å². The van der Waals surface area contributed by atoms with E-state index < -0.39 is 5.91 Å². The maximum absolute atomic E-state index is 12.4. The number of hydrogen-bond donors (Lipinski definition) is 2. The van der Waals surface area contributed by atoms with Crippen LogP contribution < -0.4 is 11.1 Å². The van der Waals surface area contributed by atoms with Gasteiger partial charge in [-0.1, -0.05) is 32.9 Å². The molecule has 6 heteroatoms. The molecule has 0 spiro atoms. The Kier molecular flexibility index (Phi) is 4.30. The molecule has 0 aliphatic rings. The molecule has 1 heterocycles.